The first-order chi connectivity index (χ1) is 26.6. The first-order valence-corrected chi connectivity index (χ1v) is 18.5. The van der Waals surface area contributed by atoms with Crippen LogP contribution in [0.1, 0.15) is 36.8 Å². The Morgan fingerprint density at radius 1 is 0.582 bits per heavy atom. The van der Waals surface area contributed by atoms with E-state index in [1.165, 1.54) is 0 Å². The van der Waals surface area contributed by atoms with E-state index in [4.69, 9.17) is 9.47 Å². The van der Waals surface area contributed by atoms with Gasteiger partial charge in [-0.3, -0.25) is 19.2 Å². The maximum Gasteiger partial charge on any atom is 0.249 e. The minimum Gasteiger partial charge on any atom is -0.497 e. The van der Waals surface area contributed by atoms with Crippen LogP contribution in [-0.2, 0) is 25.6 Å². The number of hydrogen-bond acceptors (Lipinski definition) is 8. The third-order valence-electron chi connectivity index (χ3n) is 9.44. The van der Waals surface area contributed by atoms with E-state index in [1.54, 1.807) is 86.6 Å². The number of ether oxygens (including phenoxy) is 2. The maximum atomic E-state index is 13.8. The molecule has 0 spiro atoms. The van der Waals surface area contributed by atoms with Crippen molar-refractivity contribution in [3.63, 3.8) is 0 Å². The van der Waals surface area contributed by atoms with Crippen LogP contribution in [0.25, 0.3) is 0 Å². The Hall–Kier alpha value is -5.72. The van der Waals surface area contributed by atoms with Crippen LogP contribution >= 0.6 is 0 Å². The number of hydrogen-bond donors (Lipinski definition) is 4. The predicted molar refractivity (Wildman–Crippen MR) is 217 cm³/mol. The molecular weight excluding hydrogens is 697 g/mol. The zero-order valence-corrected chi connectivity index (χ0v) is 32.4. The maximum absolute atomic E-state index is 13.8. The molecule has 0 unspecified atom stereocenters. The highest BCUT2D eigenvalue weighted by Crippen LogP contribution is 2.24. The molecule has 3 atom stereocenters. The number of likely N-dealkylation sites (N-methyl/N-ethyl adjacent to an activating group) is 2. The molecule has 0 aliphatic heterocycles. The van der Waals surface area contributed by atoms with E-state index in [-0.39, 0.29) is 42.4 Å². The number of carbonyl (C=O) groups excluding carboxylic acids is 4. The summed E-state index contributed by atoms with van der Waals surface area (Å²) in [6.45, 7) is 3.90. The van der Waals surface area contributed by atoms with Crippen LogP contribution < -0.4 is 40.5 Å². The summed E-state index contributed by atoms with van der Waals surface area (Å²) in [7, 11) is 6.56. The average molecular weight is 751 g/mol. The average Bonchev–Trinajstić information content (AvgIpc) is 3.22. The summed E-state index contributed by atoms with van der Waals surface area (Å²) in [5, 5.41) is 12.4. The van der Waals surface area contributed by atoms with Crippen molar-refractivity contribution in [2.24, 2.45) is 0 Å². The van der Waals surface area contributed by atoms with Gasteiger partial charge in [-0.05, 0) is 59.7 Å². The first kappa shape index (κ1) is 42.0. The van der Waals surface area contributed by atoms with Gasteiger partial charge in [-0.25, -0.2) is 0 Å². The Labute approximate surface area is 324 Å². The lowest BCUT2D eigenvalue weighted by Crippen LogP contribution is -2.50. The molecular formula is C43H54N6O6. The normalized spacial score (nSPS) is 12.5. The number of carbonyl (C=O) groups is 4. The number of anilines is 2. The fraction of sp³-hybridized carbons (Fsp3) is 0.349. The van der Waals surface area contributed by atoms with Gasteiger partial charge in [-0.2, -0.15) is 0 Å². The van der Waals surface area contributed by atoms with Gasteiger partial charge in [0.2, 0.25) is 23.6 Å². The van der Waals surface area contributed by atoms with Gasteiger partial charge < -0.3 is 40.5 Å². The number of nitrogens with one attached hydrogen (secondary N) is 4. The van der Waals surface area contributed by atoms with Crippen molar-refractivity contribution in [2.45, 2.75) is 44.2 Å². The molecule has 0 aromatic heterocycles. The largest absolute Gasteiger partial charge is 0.497 e. The summed E-state index contributed by atoms with van der Waals surface area (Å²) >= 11 is 0. The Kier molecular flexibility index (Phi) is 16.7. The molecule has 4 amide bonds. The number of amides is 4. The highest BCUT2D eigenvalue weighted by Gasteiger charge is 2.31. The standard InChI is InChI=1S/C43H54N6O6/c1-31(33-14-10-7-11-15-33)41(43(53)49(3)35-18-22-37(55-5)23-19-35)47-40(51)25-27-45-29-28-44-26-24-39(50)46-38(30-32-12-8-6-9-13-32)42(52)48(2)34-16-20-36(54-4)21-17-34/h6-23,31,38,41,44-45H,24-30H2,1-5H3,(H,46,50)(H,47,51)/t31-,38+,41+/m1/s1. The van der Waals surface area contributed by atoms with Crippen molar-refractivity contribution in [1.82, 2.24) is 21.3 Å². The minimum absolute atomic E-state index is 0.182. The van der Waals surface area contributed by atoms with E-state index >= 15 is 0 Å². The third kappa shape index (κ3) is 13.0. The molecule has 0 saturated heterocycles. The zero-order valence-electron chi connectivity index (χ0n) is 32.4. The molecule has 292 valence electrons. The lowest BCUT2D eigenvalue weighted by Gasteiger charge is -2.29. The molecule has 4 rings (SSSR count). The van der Waals surface area contributed by atoms with Crippen LogP contribution in [0.5, 0.6) is 11.5 Å². The second kappa shape index (κ2) is 21.9. The molecule has 0 aliphatic rings. The molecule has 0 aliphatic carbocycles. The monoisotopic (exact) mass is 750 g/mol. The van der Waals surface area contributed by atoms with Gasteiger partial charge in [0, 0.05) is 76.8 Å². The van der Waals surface area contributed by atoms with Crippen LogP contribution in [0.15, 0.2) is 109 Å². The number of rotatable bonds is 21. The van der Waals surface area contributed by atoms with Gasteiger partial charge in [0.05, 0.1) is 14.2 Å². The van der Waals surface area contributed by atoms with Crippen LogP contribution in [-0.4, -0.2) is 90.2 Å². The summed E-state index contributed by atoms with van der Waals surface area (Å²) < 4.78 is 10.5. The van der Waals surface area contributed by atoms with Crippen LogP contribution in [0, 0.1) is 0 Å². The SMILES string of the molecule is COc1ccc(N(C)C(=O)[C@H](Cc2ccccc2)NC(=O)CCNCCNCCC(=O)N[C@H](C(=O)N(C)c2ccc(OC)cc2)[C@H](C)c2ccccc2)cc1. The highest BCUT2D eigenvalue weighted by atomic mass is 16.5. The molecule has 0 fully saturated rings. The fourth-order valence-corrected chi connectivity index (χ4v) is 6.05. The summed E-state index contributed by atoms with van der Waals surface area (Å²) in [4.78, 5) is 56.5. The Bertz CT molecular complexity index is 1790. The van der Waals surface area contributed by atoms with Crippen molar-refractivity contribution in [2.75, 3.05) is 64.3 Å². The van der Waals surface area contributed by atoms with Crippen molar-refractivity contribution < 1.29 is 28.7 Å². The first-order valence-electron chi connectivity index (χ1n) is 18.5. The molecule has 0 saturated carbocycles. The van der Waals surface area contributed by atoms with Crippen LogP contribution in [0.3, 0.4) is 0 Å². The van der Waals surface area contributed by atoms with Crippen molar-refractivity contribution >= 4 is 35.0 Å². The molecule has 12 heteroatoms. The van der Waals surface area contributed by atoms with E-state index < -0.39 is 12.1 Å². The lowest BCUT2D eigenvalue weighted by molar-refractivity contribution is -0.127. The highest BCUT2D eigenvalue weighted by molar-refractivity contribution is 6.00. The quantitative estimate of drug-likeness (QED) is 0.0925. The van der Waals surface area contributed by atoms with E-state index in [9.17, 15) is 19.2 Å². The topological polar surface area (TPSA) is 141 Å². The molecule has 0 bridgehead atoms. The van der Waals surface area contributed by atoms with E-state index in [2.05, 4.69) is 21.3 Å². The molecule has 4 aromatic carbocycles. The second-order valence-corrected chi connectivity index (χ2v) is 13.2. The van der Waals surface area contributed by atoms with E-state index in [1.807, 2.05) is 67.6 Å². The minimum atomic E-state index is -0.778. The van der Waals surface area contributed by atoms with Crippen LogP contribution in [0.2, 0.25) is 0 Å². The van der Waals surface area contributed by atoms with Crippen LogP contribution in [0.4, 0.5) is 11.4 Å². The Morgan fingerprint density at radius 2 is 1.04 bits per heavy atom. The molecule has 12 nitrogen and oxygen atoms in total. The number of nitrogens with zero attached hydrogens (tertiary/aromatic N) is 2. The summed E-state index contributed by atoms with van der Waals surface area (Å²) in [6.07, 6.45) is 0.727. The smallest absolute Gasteiger partial charge is 0.249 e. The van der Waals surface area contributed by atoms with E-state index in [0.717, 1.165) is 11.1 Å². The second-order valence-electron chi connectivity index (χ2n) is 13.2. The zero-order chi connectivity index (χ0) is 39.6. The lowest BCUT2D eigenvalue weighted by atomic mass is 9.92. The van der Waals surface area contributed by atoms with Gasteiger partial charge in [0.1, 0.15) is 23.6 Å². The molecule has 4 N–H and O–H groups in total. The third-order valence-corrected chi connectivity index (χ3v) is 9.44. The van der Waals surface area contributed by atoms with Gasteiger partial charge in [0.25, 0.3) is 0 Å². The predicted octanol–water partition coefficient (Wildman–Crippen LogP) is 4.31. The number of benzene rings is 4. The number of methoxy groups -OCH3 is 2. The van der Waals surface area contributed by atoms with Crippen molar-refractivity contribution in [3.8, 4) is 11.5 Å². The summed E-state index contributed by atoms with van der Waals surface area (Å²) in [6, 6.07) is 32.1. The Morgan fingerprint density at radius 3 is 1.53 bits per heavy atom. The molecule has 0 radical (unpaired) electrons. The molecule has 4 aromatic rings. The summed E-state index contributed by atoms with van der Waals surface area (Å²) in [5.74, 6) is 0.182. The van der Waals surface area contributed by atoms with Gasteiger partial charge in [0.15, 0.2) is 0 Å². The van der Waals surface area contributed by atoms with Gasteiger partial charge >= 0.3 is 0 Å². The van der Waals surface area contributed by atoms with Crippen molar-refractivity contribution in [3.05, 3.63) is 120 Å². The summed E-state index contributed by atoms with van der Waals surface area (Å²) in [5.41, 5.74) is 3.27. The van der Waals surface area contributed by atoms with Gasteiger partial charge in [-0.15, -0.1) is 0 Å². The fourth-order valence-electron chi connectivity index (χ4n) is 6.05. The van der Waals surface area contributed by atoms with Crippen molar-refractivity contribution in [1.29, 1.82) is 0 Å². The van der Waals surface area contributed by atoms with Gasteiger partial charge in [-0.1, -0.05) is 67.6 Å². The Balaban J connectivity index is 1.21. The molecule has 55 heavy (non-hydrogen) atoms. The van der Waals surface area contributed by atoms with E-state index in [0.29, 0.717) is 55.5 Å². The molecule has 0 heterocycles.